The monoisotopic (exact) mass is 291 g/mol. The maximum atomic E-state index is 11.9. The van der Waals surface area contributed by atoms with Crippen LogP contribution < -0.4 is 4.74 Å². The normalized spacial score (nSPS) is 15.8. The fraction of sp³-hybridized carbons (Fsp3) is 0.588. The first-order valence-corrected chi connectivity index (χ1v) is 7.80. The van der Waals surface area contributed by atoms with Gasteiger partial charge in [-0.2, -0.15) is 0 Å². The van der Waals surface area contributed by atoms with Gasteiger partial charge >= 0.3 is 6.09 Å². The largest absolute Gasteiger partial charge is 0.496 e. The van der Waals surface area contributed by atoms with E-state index < -0.39 is 0 Å². The van der Waals surface area contributed by atoms with Crippen molar-refractivity contribution in [3.05, 3.63) is 29.8 Å². The van der Waals surface area contributed by atoms with E-state index in [4.69, 9.17) is 9.47 Å². The van der Waals surface area contributed by atoms with E-state index in [1.54, 1.807) is 7.11 Å². The zero-order valence-electron chi connectivity index (χ0n) is 13.0. The van der Waals surface area contributed by atoms with Gasteiger partial charge in [-0.05, 0) is 36.8 Å². The molecule has 0 radical (unpaired) electrons. The number of amides is 1. The molecule has 116 valence electrons. The summed E-state index contributed by atoms with van der Waals surface area (Å²) in [5.41, 5.74) is 1.25. The second kappa shape index (κ2) is 7.91. The van der Waals surface area contributed by atoms with Crippen LogP contribution in [0.4, 0.5) is 4.79 Å². The van der Waals surface area contributed by atoms with E-state index in [0.29, 0.717) is 12.5 Å². The highest BCUT2D eigenvalue weighted by Crippen LogP contribution is 2.34. The quantitative estimate of drug-likeness (QED) is 0.774. The molecule has 4 heteroatoms. The number of hydrogen-bond donors (Lipinski definition) is 0. The molecular weight excluding hydrogens is 266 g/mol. The van der Waals surface area contributed by atoms with E-state index in [1.165, 1.54) is 5.56 Å². The van der Waals surface area contributed by atoms with E-state index >= 15 is 0 Å². The number of ether oxygens (including phenoxy) is 2. The van der Waals surface area contributed by atoms with Gasteiger partial charge in [-0.15, -0.1) is 0 Å². The Morgan fingerprint density at radius 3 is 2.67 bits per heavy atom. The van der Waals surface area contributed by atoms with Crippen molar-refractivity contribution < 1.29 is 14.3 Å². The Balaban J connectivity index is 1.87. The Labute approximate surface area is 127 Å². The first-order valence-electron chi connectivity index (χ1n) is 7.80. The SMILES string of the molecule is CCCCOC(=O)N1CCC(c2ccccc2OC)CC1. The van der Waals surface area contributed by atoms with E-state index in [0.717, 1.165) is 44.5 Å². The Morgan fingerprint density at radius 1 is 1.29 bits per heavy atom. The third-order valence-corrected chi connectivity index (χ3v) is 4.06. The Hall–Kier alpha value is -1.71. The summed E-state index contributed by atoms with van der Waals surface area (Å²) >= 11 is 0. The van der Waals surface area contributed by atoms with Gasteiger partial charge in [-0.1, -0.05) is 31.5 Å². The van der Waals surface area contributed by atoms with Crippen molar-refractivity contribution in [1.29, 1.82) is 0 Å². The Morgan fingerprint density at radius 2 is 2.00 bits per heavy atom. The van der Waals surface area contributed by atoms with Crippen LogP contribution in [-0.4, -0.2) is 37.8 Å². The standard InChI is InChI=1S/C17H25NO3/c1-3-4-13-21-17(19)18-11-9-14(10-12-18)15-7-5-6-8-16(15)20-2/h5-8,14H,3-4,9-13H2,1-2H3. The molecule has 21 heavy (non-hydrogen) atoms. The lowest BCUT2D eigenvalue weighted by atomic mass is 9.89. The molecule has 1 amide bonds. The number of benzene rings is 1. The van der Waals surface area contributed by atoms with Crippen LogP contribution in [0, 0.1) is 0 Å². The van der Waals surface area contributed by atoms with E-state index in [2.05, 4.69) is 13.0 Å². The van der Waals surface area contributed by atoms with E-state index in [1.807, 2.05) is 23.1 Å². The molecule has 0 spiro atoms. The molecule has 1 heterocycles. The van der Waals surface area contributed by atoms with Gasteiger partial charge in [-0.3, -0.25) is 0 Å². The number of para-hydroxylation sites is 1. The van der Waals surface area contributed by atoms with Gasteiger partial charge in [0, 0.05) is 13.1 Å². The molecule has 0 unspecified atom stereocenters. The maximum Gasteiger partial charge on any atom is 0.409 e. The smallest absolute Gasteiger partial charge is 0.409 e. The van der Waals surface area contributed by atoms with Gasteiger partial charge in [0.1, 0.15) is 5.75 Å². The summed E-state index contributed by atoms with van der Waals surface area (Å²) in [7, 11) is 1.71. The van der Waals surface area contributed by atoms with Crippen LogP contribution >= 0.6 is 0 Å². The van der Waals surface area contributed by atoms with Crippen LogP contribution in [0.15, 0.2) is 24.3 Å². The molecule has 2 rings (SSSR count). The van der Waals surface area contributed by atoms with Gasteiger partial charge in [0.05, 0.1) is 13.7 Å². The number of unbranched alkanes of at least 4 members (excludes halogenated alkanes) is 1. The van der Waals surface area contributed by atoms with Gasteiger partial charge < -0.3 is 14.4 Å². The number of carbonyl (C=O) groups is 1. The molecule has 0 saturated carbocycles. The van der Waals surface area contributed by atoms with Crippen LogP contribution in [0.1, 0.15) is 44.1 Å². The summed E-state index contributed by atoms with van der Waals surface area (Å²) < 4.78 is 10.7. The molecule has 0 aliphatic carbocycles. The zero-order valence-corrected chi connectivity index (χ0v) is 13.0. The average molecular weight is 291 g/mol. The van der Waals surface area contributed by atoms with Crippen LogP contribution in [0.3, 0.4) is 0 Å². The molecule has 0 aromatic heterocycles. The van der Waals surface area contributed by atoms with Crippen LogP contribution in [0.2, 0.25) is 0 Å². The van der Waals surface area contributed by atoms with Crippen molar-refractivity contribution >= 4 is 6.09 Å². The maximum absolute atomic E-state index is 11.9. The first kappa shape index (κ1) is 15.7. The summed E-state index contributed by atoms with van der Waals surface area (Å²) in [6, 6.07) is 8.16. The number of rotatable bonds is 5. The third-order valence-electron chi connectivity index (χ3n) is 4.06. The van der Waals surface area contributed by atoms with Gasteiger partial charge in [0.15, 0.2) is 0 Å². The topological polar surface area (TPSA) is 38.8 Å². The summed E-state index contributed by atoms with van der Waals surface area (Å²) in [5.74, 6) is 1.40. The van der Waals surface area contributed by atoms with Crippen molar-refractivity contribution in [2.24, 2.45) is 0 Å². The van der Waals surface area contributed by atoms with Crippen LogP contribution in [0.25, 0.3) is 0 Å². The molecule has 4 nitrogen and oxygen atoms in total. The number of piperidine rings is 1. The van der Waals surface area contributed by atoms with Crippen molar-refractivity contribution in [2.75, 3.05) is 26.8 Å². The summed E-state index contributed by atoms with van der Waals surface area (Å²) in [4.78, 5) is 13.7. The number of carbonyl (C=O) groups excluding carboxylic acids is 1. The predicted molar refractivity (Wildman–Crippen MR) is 82.8 cm³/mol. The highest BCUT2D eigenvalue weighted by molar-refractivity contribution is 5.67. The molecule has 1 aliphatic heterocycles. The minimum absolute atomic E-state index is 0.165. The Kier molecular flexibility index (Phi) is 5.90. The molecule has 0 N–H and O–H groups in total. The lowest BCUT2D eigenvalue weighted by Crippen LogP contribution is -2.38. The predicted octanol–water partition coefficient (Wildman–Crippen LogP) is 3.81. The van der Waals surface area contributed by atoms with Crippen molar-refractivity contribution in [3.63, 3.8) is 0 Å². The highest BCUT2D eigenvalue weighted by Gasteiger charge is 2.26. The first-order chi connectivity index (χ1) is 10.3. The highest BCUT2D eigenvalue weighted by atomic mass is 16.6. The molecule has 1 aliphatic rings. The fourth-order valence-electron chi connectivity index (χ4n) is 2.77. The van der Waals surface area contributed by atoms with E-state index in [-0.39, 0.29) is 6.09 Å². The summed E-state index contributed by atoms with van der Waals surface area (Å²) in [5, 5.41) is 0. The van der Waals surface area contributed by atoms with Crippen LogP contribution in [0.5, 0.6) is 5.75 Å². The van der Waals surface area contributed by atoms with Gasteiger partial charge in [0.2, 0.25) is 0 Å². The fourth-order valence-corrected chi connectivity index (χ4v) is 2.77. The number of hydrogen-bond acceptors (Lipinski definition) is 3. The second-order valence-corrected chi connectivity index (χ2v) is 5.47. The van der Waals surface area contributed by atoms with Crippen molar-refractivity contribution in [2.45, 2.75) is 38.5 Å². The van der Waals surface area contributed by atoms with Gasteiger partial charge in [0.25, 0.3) is 0 Å². The van der Waals surface area contributed by atoms with Gasteiger partial charge in [-0.25, -0.2) is 4.79 Å². The summed E-state index contributed by atoms with van der Waals surface area (Å²) in [6.45, 7) is 4.13. The lowest BCUT2D eigenvalue weighted by molar-refractivity contribution is 0.0915. The number of likely N-dealkylation sites (tertiary alicyclic amines) is 1. The Bertz CT molecular complexity index is 453. The molecule has 1 fully saturated rings. The second-order valence-electron chi connectivity index (χ2n) is 5.47. The van der Waals surface area contributed by atoms with Crippen molar-refractivity contribution in [3.8, 4) is 5.75 Å². The molecular formula is C17H25NO3. The molecule has 1 aromatic rings. The molecule has 0 bridgehead atoms. The minimum atomic E-state index is -0.165. The molecule has 1 saturated heterocycles. The van der Waals surface area contributed by atoms with E-state index in [9.17, 15) is 4.79 Å². The average Bonchev–Trinajstić information content (AvgIpc) is 2.55. The molecule has 1 aromatic carbocycles. The zero-order chi connectivity index (χ0) is 15.1. The minimum Gasteiger partial charge on any atom is -0.496 e. The molecule has 0 atom stereocenters. The summed E-state index contributed by atoms with van der Waals surface area (Å²) in [6.07, 6.45) is 3.74. The van der Waals surface area contributed by atoms with Crippen LogP contribution in [-0.2, 0) is 4.74 Å². The third kappa shape index (κ3) is 4.13. The number of nitrogens with zero attached hydrogens (tertiary/aromatic N) is 1. The number of methoxy groups -OCH3 is 1. The lowest BCUT2D eigenvalue weighted by Gasteiger charge is -2.32. The van der Waals surface area contributed by atoms with Crippen molar-refractivity contribution in [1.82, 2.24) is 4.90 Å².